The van der Waals surface area contributed by atoms with Gasteiger partial charge in [0.1, 0.15) is 0 Å². The molecular weight excluding hydrogens is 196 g/mol. The van der Waals surface area contributed by atoms with E-state index in [0.717, 1.165) is 18.8 Å². The second kappa shape index (κ2) is 4.21. The SMILES string of the molecule is OC1CCCC1c1ccc(C2CCC2)cc1. The van der Waals surface area contributed by atoms with Crippen LogP contribution in [0.3, 0.4) is 0 Å². The fourth-order valence-corrected chi connectivity index (χ4v) is 3.09. The minimum atomic E-state index is -0.102. The molecule has 2 fully saturated rings. The van der Waals surface area contributed by atoms with E-state index in [0.29, 0.717) is 5.92 Å². The number of aliphatic hydroxyl groups excluding tert-OH is 1. The van der Waals surface area contributed by atoms with E-state index in [1.807, 2.05) is 0 Å². The minimum absolute atomic E-state index is 0.102. The van der Waals surface area contributed by atoms with Crippen LogP contribution in [-0.4, -0.2) is 11.2 Å². The smallest absolute Gasteiger partial charge is 0.0608 e. The fraction of sp³-hybridized carbons (Fsp3) is 0.600. The Balaban J connectivity index is 1.76. The maximum atomic E-state index is 9.88. The van der Waals surface area contributed by atoms with E-state index in [2.05, 4.69) is 24.3 Å². The lowest BCUT2D eigenvalue weighted by Gasteiger charge is -2.26. The van der Waals surface area contributed by atoms with E-state index in [-0.39, 0.29) is 6.10 Å². The molecule has 1 N–H and O–H groups in total. The van der Waals surface area contributed by atoms with E-state index in [9.17, 15) is 5.11 Å². The third kappa shape index (κ3) is 1.78. The highest BCUT2D eigenvalue weighted by Gasteiger charge is 2.27. The lowest BCUT2D eigenvalue weighted by Crippen LogP contribution is -2.12. The van der Waals surface area contributed by atoms with Crippen molar-refractivity contribution in [1.82, 2.24) is 0 Å². The van der Waals surface area contributed by atoms with Crippen molar-refractivity contribution in [1.29, 1.82) is 0 Å². The summed E-state index contributed by atoms with van der Waals surface area (Å²) in [6.45, 7) is 0. The van der Waals surface area contributed by atoms with Crippen molar-refractivity contribution in [3.8, 4) is 0 Å². The van der Waals surface area contributed by atoms with Crippen LogP contribution < -0.4 is 0 Å². The van der Waals surface area contributed by atoms with Crippen molar-refractivity contribution in [3.05, 3.63) is 35.4 Å². The zero-order chi connectivity index (χ0) is 11.0. The van der Waals surface area contributed by atoms with Crippen molar-refractivity contribution in [3.63, 3.8) is 0 Å². The zero-order valence-corrected chi connectivity index (χ0v) is 9.73. The van der Waals surface area contributed by atoms with Crippen LogP contribution in [0.1, 0.15) is 61.5 Å². The predicted molar refractivity (Wildman–Crippen MR) is 65.6 cm³/mol. The van der Waals surface area contributed by atoms with Gasteiger partial charge in [-0.3, -0.25) is 0 Å². The van der Waals surface area contributed by atoms with E-state index >= 15 is 0 Å². The standard InChI is InChI=1S/C15H20O/c16-15-6-2-5-14(15)13-9-7-12(8-10-13)11-3-1-4-11/h7-11,14-16H,1-6H2. The number of rotatable bonds is 2. The molecule has 0 heterocycles. The summed E-state index contributed by atoms with van der Waals surface area (Å²) >= 11 is 0. The van der Waals surface area contributed by atoms with Crippen LogP contribution in [0.4, 0.5) is 0 Å². The highest BCUT2D eigenvalue weighted by atomic mass is 16.3. The first-order valence-corrected chi connectivity index (χ1v) is 6.62. The van der Waals surface area contributed by atoms with Crippen LogP contribution in [-0.2, 0) is 0 Å². The second-order valence-electron chi connectivity index (χ2n) is 5.40. The Kier molecular flexibility index (Phi) is 2.72. The molecule has 86 valence electrons. The Morgan fingerprint density at radius 2 is 1.44 bits per heavy atom. The molecule has 0 amide bonds. The zero-order valence-electron chi connectivity index (χ0n) is 9.73. The summed E-state index contributed by atoms with van der Waals surface area (Å²) in [5.41, 5.74) is 2.84. The molecule has 1 aromatic rings. The van der Waals surface area contributed by atoms with Gasteiger partial charge in [-0.15, -0.1) is 0 Å². The Bertz CT molecular complexity index is 350. The Morgan fingerprint density at radius 1 is 0.812 bits per heavy atom. The molecule has 0 radical (unpaired) electrons. The molecule has 2 aliphatic carbocycles. The third-order valence-corrected chi connectivity index (χ3v) is 4.42. The van der Waals surface area contributed by atoms with Crippen LogP contribution in [0.25, 0.3) is 0 Å². The lowest BCUT2D eigenvalue weighted by atomic mass is 9.79. The fourth-order valence-electron chi connectivity index (χ4n) is 3.09. The van der Waals surface area contributed by atoms with Crippen molar-refractivity contribution >= 4 is 0 Å². The number of hydrogen-bond acceptors (Lipinski definition) is 1. The molecule has 2 atom stereocenters. The first-order valence-electron chi connectivity index (χ1n) is 6.62. The summed E-state index contributed by atoms with van der Waals surface area (Å²) in [5, 5.41) is 9.88. The Labute approximate surface area is 97.5 Å². The molecule has 2 aliphatic rings. The van der Waals surface area contributed by atoms with Gasteiger partial charge >= 0.3 is 0 Å². The largest absolute Gasteiger partial charge is 0.392 e. The van der Waals surface area contributed by atoms with Crippen LogP contribution in [0, 0.1) is 0 Å². The van der Waals surface area contributed by atoms with Gasteiger partial charge in [-0.05, 0) is 42.7 Å². The average Bonchev–Trinajstić information content (AvgIpc) is 2.63. The molecule has 1 aromatic carbocycles. The summed E-state index contributed by atoms with van der Waals surface area (Å²) < 4.78 is 0. The van der Waals surface area contributed by atoms with E-state index in [1.54, 1.807) is 0 Å². The average molecular weight is 216 g/mol. The highest BCUT2D eigenvalue weighted by Crippen LogP contribution is 2.38. The molecular formula is C15H20O. The molecule has 0 bridgehead atoms. The molecule has 0 spiro atoms. The molecule has 2 saturated carbocycles. The molecule has 1 nitrogen and oxygen atoms in total. The summed E-state index contributed by atoms with van der Waals surface area (Å²) in [4.78, 5) is 0. The molecule has 0 aliphatic heterocycles. The van der Waals surface area contributed by atoms with Gasteiger partial charge < -0.3 is 5.11 Å². The summed E-state index contributed by atoms with van der Waals surface area (Å²) in [6, 6.07) is 9.05. The predicted octanol–water partition coefficient (Wildman–Crippen LogP) is 3.58. The second-order valence-corrected chi connectivity index (χ2v) is 5.40. The van der Waals surface area contributed by atoms with E-state index in [1.165, 1.54) is 36.8 Å². The van der Waals surface area contributed by atoms with Crippen molar-refractivity contribution in [2.24, 2.45) is 0 Å². The lowest BCUT2D eigenvalue weighted by molar-refractivity contribution is 0.164. The number of aliphatic hydroxyl groups is 1. The van der Waals surface area contributed by atoms with Gasteiger partial charge in [0, 0.05) is 5.92 Å². The molecule has 3 rings (SSSR count). The van der Waals surface area contributed by atoms with Crippen LogP contribution in [0.2, 0.25) is 0 Å². The van der Waals surface area contributed by atoms with E-state index in [4.69, 9.17) is 0 Å². The van der Waals surface area contributed by atoms with Crippen LogP contribution >= 0.6 is 0 Å². The molecule has 0 saturated heterocycles. The van der Waals surface area contributed by atoms with Crippen LogP contribution in [0.15, 0.2) is 24.3 Å². The normalized spacial score (nSPS) is 30.3. The van der Waals surface area contributed by atoms with Gasteiger partial charge in [-0.2, -0.15) is 0 Å². The highest BCUT2D eigenvalue weighted by molar-refractivity contribution is 5.29. The van der Waals surface area contributed by atoms with Crippen LogP contribution in [0.5, 0.6) is 0 Å². The first kappa shape index (κ1) is 10.3. The van der Waals surface area contributed by atoms with Gasteiger partial charge in [-0.25, -0.2) is 0 Å². The van der Waals surface area contributed by atoms with Gasteiger partial charge in [0.05, 0.1) is 6.10 Å². The van der Waals surface area contributed by atoms with Gasteiger partial charge in [0.2, 0.25) is 0 Å². The Morgan fingerprint density at radius 3 is 1.94 bits per heavy atom. The minimum Gasteiger partial charge on any atom is -0.392 e. The maximum Gasteiger partial charge on any atom is 0.0608 e. The molecule has 0 aromatic heterocycles. The van der Waals surface area contributed by atoms with Gasteiger partial charge in [-0.1, -0.05) is 37.1 Å². The molecule has 1 heteroatoms. The summed E-state index contributed by atoms with van der Waals surface area (Å²) in [5.74, 6) is 1.22. The first-order chi connectivity index (χ1) is 7.84. The monoisotopic (exact) mass is 216 g/mol. The quantitative estimate of drug-likeness (QED) is 0.801. The topological polar surface area (TPSA) is 20.2 Å². The molecule has 16 heavy (non-hydrogen) atoms. The summed E-state index contributed by atoms with van der Waals surface area (Å²) in [6.07, 6.45) is 7.34. The van der Waals surface area contributed by atoms with Gasteiger partial charge in [0.15, 0.2) is 0 Å². The summed E-state index contributed by atoms with van der Waals surface area (Å²) in [7, 11) is 0. The number of benzene rings is 1. The number of hydrogen-bond donors (Lipinski definition) is 1. The van der Waals surface area contributed by atoms with Crippen molar-refractivity contribution < 1.29 is 5.11 Å². The Hall–Kier alpha value is -0.820. The third-order valence-electron chi connectivity index (χ3n) is 4.42. The van der Waals surface area contributed by atoms with Crippen molar-refractivity contribution in [2.75, 3.05) is 0 Å². The van der Waals surface area contributed by atoms with Gasteiger partial charge in [0.25, 0.3) is 0 Å². The van der Waals surface area contributed by atoms with E-state index < -0.39 is 0 Å². The van der Waals surface area contributed by atoms with Crippen molar-refractivity contribution in [2.45, 2.75) is 56.5 Å². The maximum absolute atomic E-state index is 9.88. The molecule has 2 unspecified atom stereocenters.